The number of methoxy groups -OCH3 is 1. The van der Waals surface area contributed by atoms with E-state index in [2.05, 4.69) is 9.97 Å². The summed E-state index contributed by atoms with van der Waals surface area (Å²) in [6.07, 6.45) is 3.26. The van der Waals surface area contributed by atoms with Gasteiger partial charge in [0, 0.05) is 43.2 Å². The Bertz CT molecular complexity index is 947. The SMILES string of the molecule is COc1ccc(-c2nccc3c(=O)cc(N4CCOCC4)oc23)cn1. The summed E-state index contributed by atoms with van der Waals surface area (Å²) in [6.45, 7) is 2.61. The van der Waals surface area contributed by atoms with Crippen LogP contribution in [0.15, 0.2) is 45.9 Å². The molecule has 7 nitrogen and oxygen atoms in total. The van der Waals surface area contributed by atoms with E-state index in [0.717, 1.165) is 5.56 Å². The van der Waals surface area contributed by atoms with Gasteiger partial charge in [-0.2, -0.15) is 0 Å². The number of anilines is 1. The Morgan fingerprint density at radius 3 is 2.72 bits per heavy atom. The largest absolute Gasteiger partial charge is 0.481 e. The standard InChI is InChI=1S/C18H17N3O4/c1-23-15-3-2-12(11-20-15)17-18-13(4-5-19-17)14(22)10-16(25-18)21-6-8-24-9-7-21/h2-5,10-11H,6-9H2,1H3. The van der Waals surface area contributed by atoms with Crippen molar-refractivity contribution in [1.82, 2.24) is 9.97 Å². The van der Waals surface area contributed by atoms with Crippen LogP contribution in [-0.2, 0) is 4.74 Å². The van der Waals surface area contributed by atoms with Crippen LogP contribution in [0.4, 0.5) is 5.88 Å². The number of fused-ring (bicyclic) bond motifs is 1. The molecule has 1 saturated heterocycles. The van der Waals surface area contributed by atoms with E-state index in [9.17, 15) is 4.79 Å². The Hall–Kier alpha value is -2.93. The lowest BCUT2D eigenvalue weighted by Gasteiger charge is -2.27. The molecule has 128 valence electrons. The molecule has 1 fully saturated rings. The van der Waals surface area contributed by atoms with Crippen LogP contribution in [0.2, 0.25) is 0 Å². The normalized spacial score (nSPS) is 14.7. The topological polar surface area (TPSA) is 77.7 Å². The maximum atomic E-state index is 12.5. The van der Waals surface area contributed by atoms with Crippen LogP contribution in [0.1, 0.15) is 0 Å². The molecule has 4 rings (SSSR count). The summed E-state index contributed by atoms with van der Waals surface area (Å²) in [4.78, 5) is 23.2. The Morgan fingerprint density at radius 1 is 1.16 bits per heavy atom. The summed E-state index contributed by atoms with van der Waals surface area (Å²) in [5, 5.41) is 0.498. The number of morpholine rings is 1. The number of ether oxygens (including phenoxy) is 2. The number of hydrogen-bond acceptors (Lipinski definition) is 7. The smallest absolute Gasteiger partial charge is 0.212 e. The molecule has 3 aromatic heterocycles. The van der Waals surface area contributed by atoms with E-state index in [1.807, 2.05) is 11.0 Å². The van der Waals surface area contributed by atoms with Gasteiger partial charge >= 0.3 is 0 Å². The summed E-state index contributed by atoms with van der Waals surface area (Å²) in [5.41, 5.74) is 1.71. The number of aromatic nitrogens is 2. The zero-order valence-corrected chi connectivity index (χ0v) is 13.8. The molecule has 1 aliphatic rings. The minimum atomic E-state index is -0.0899. The maximum absolute atomic E-state index is 12.5. The van der Waals surface area contributed by atoms with Crippen molar-refractivity contribution in [2.75, 3.05) is 38.3 Å². The van der Waals surface area contributed by atoms with Gasteiger partial charge in [0.1, 0.15) is 5.69 Å². The highest BCUT2D eigenvalue weighted by atomic mass is 16.5. The molecule has 3 aromatic rings. The fourth-order valence-corrected chi connectivity index (χ4v) is 2.86. The summed E-state index contributed by atoms with van der Waals surface area (Å²) in [7, 11) is 1.56. The summed E-state index contributed by atoms with van der Waals surface area (Å²) < 4.78 is 16.5. The third-order valence-electron chi connectivity index (χ3n) is 4.17. The van der Waals surface area contributed by atoms with Crippen LogP contribution in [0.25, 0.3) is 22.2 Å². The molecule has 0 spiro atoms. The van der Waals surface area contributed by atoms with Gasteiger partial charge in [0.05, 0.1) is 25.7 Å². The van der Waals surface area contributed by atoms with E-state index in [-0.39, 0.29) is 5.43 Å². The second kappa shape index (κ2) is 6.52. The molecule has 0 unspecified atom stereocenters. The van der Waals surface area contributed by atoms with Crippen LogP contribution in [0.3, 0.4) is 0 Å². The van der Waals surface area contributed by atoms with Gasteiger partial charge in [-0.05, 0) is 12.1 Å². The zero-order valence-electron chi connectivity index (χ0n) is 13.8. The highest BCUT2D eigenvalue weighted by Crippen LogP contribution is 2.28. The van der Waals surface area contributed by atoms with Gasteiger partial charge in [-0.25, -0.2) is 4.98 Å². The first-order valence-electron chi connectivity index (χ1n) is 8.02. The number of pyridine rings is 2. The third kappa shape index (κ3) is 2.94. The van der Waals surface area contributed by atoms with Crippen LogP contribution in [0, 0.1) is 0 Å². The van der Waals surface area contributed by atoms with Crippen LogP contribution < -0.4 is 15.1 Å². The fraction of sp³-hybridized carbons (Fsp3) is 0.278. The van der Waals surface area contributed by atoms with Gasteiger partial charge in [0.2, 0.25) is 5.88 Å². The van der Waals surface area contributed by atoms with Crippen molar-refractivity contribution in [3.8, 4) is 17.1 Å². The lowest BCUT2D eigenvalue weighted by molar-refractivity contribution is 0.121. The molecule has 0 bridgehead atoms. The van der Waals surface area contributed by atoms with Crippen LogP contribution in [0.5, 0.6) is 5.88 Å². The van der Waals surface area contributed by atoms with Crippen molar-refractivity contribution in [1.29, 1.82) is 0 Å². The molecule has 4 heterocycles. The molecule has 0 atom stereocenters. The average molecular weight is 339 g/mol. The number of nitrogens with zero attached hydrogens (tertiary/aromatic N) is 3. The molecule has 0 aliphatic carbocycles. The Labute approximate surface area is 143 Å². The Morgan fingerprint density at radius 2 is 2.00 bits per heavy atom. The Kier molecular flexibility index (Phi) is 4.07. The average Bonchev–Trinajstić information content (AvgIpc) is 2.68. The molecule has 0 aromatic carbocycles. The summed E-state index contributed by atoms with van der Waals surface area (Å²) >= 11 is 0. The highest BCUT2D eigenvalue weighted by Gasteiger charge is 2.18. The van der Waals surface area contributed by atoms with E-state index in [4.69, 9.17) is 13.9 Å². The fourth-order valence-electron chi connectivity index (χ4n) is 2.86. The predicted octanol–water partition coefficient (Wildman–Crippen LogP) is 2.10. The molecular formula is C18H17N3O4. The highest BCUT2D eigenvalue weighted by molar-refractivity contribution is 5.89. The molecule has 0 saturated carbocycles. The minimum absolute atomic E-state index is 0.0899. The van der Waals surface area contributed by atoms with E-state index in [0.29, 0.717) is 54.7 Å². The molecule has 25 heavy (non-hydrogen) atoms. The quantitative estimate of drug-likeness (QED) is 0.723. The molecule has 1 aliphatic heterocycles. The van der Waals surface area contributed by atoms with Crippen molar-refractivity contribution >= 4 is 16.9 Å². The van der Waals surface area contributed by atoms with E-state index >= 15 is 0 Å². The predicted molar refractivity (Wildman–Crippen MR) is 93.1 cm³/mol. The number of rotatable bonds is 3. The summed E-state index contributed by atoms with van der Waals surface area (Å²) in [5.74, 6) is 1.05. The van der Waals surface area contributed by atoms with Crippen molar-refractivity contribution in [2.45, 2.75) is 0 Å². The van der Waals surface area contributed by atoms with Crippen molar-refractivity contribution in [2.24, 2.45) is 0 Å². The molecule has 0 N–H and O–H groups in total. The van der Waals surface area contributed by atoms with E-state index < -0.39 is 0 Å². The Balaban J connectivity index is 1.86. The van der Waals surface area contributed by atoms with Crippen molar-refractivity contribution in [3.05, 3.63) is 46.9 Å². The van der Waals surface area contributed by atoms with Gasteiger partial charge in [0.15, 0.2) is 16.9 Å². The lowest BCUT2D eigenvalue weighted by Crippen LogP contribution is -2.36. The lowest BCUT2D eigenvalue weighted by atomic mass is 10.1. The second-order valence-corrected chi connectivity index (χ2v) is 5.67. The first kappa shape index (κ1) is 15.6. The third-order valence-corrected chi connectivity index (χ3v) is 4.17. The monoisotopic (exact) mass is 339 g/mol. The van der Waals surface area contributed by atoms with Gasteiger partial charge in [0.25, 0.3) is 0 Å². The summed E-state index contributed by atoms with van der Waals surface area (Å²) in [6, 6.07) is 6.79. The van der Waals surface area contributed by atoms with Crippen LogP contribution in [-0.4, -0.2) is 43.4 Å². The van der Waals surface area contributed by atoms with Gasteiger partial charge < -0.3 is 18.8 Å². The molecule has 0 amide bonds. The van der Waals surface area contributed by atoms with E-state index in [1.54, 1.807) is 31.6 Å². The molecule has 0 radical (unpaired) electrons. The maximum Gasteiger partial charge on any atom is 0.212 e. The minimum Gasteiger partial charge on any atom is -0.481 e. The van der Waals surface area contributed by atoms with Gasteiger partial charge in [-0.1, -0.05) is 0 Å². The van der Waals surface area contributed by atoms with Crippen LogP contribution >= 0.6 is 0 Å². The van der Waals surface area contributed by atoms with Crippen molar-refractivity contribution in [3.63, 3.8) is 0 Å². The molecular weight excluding hydrogens is 322 g/mol. The zero-order chi connectivity index (χ0) is 17.2. The van der Waals surface area contributed by atoms with Gasteiger partial charge in [-0.15, -0.1) is 0 Å². The first-order chi connectivity index (χ1) is 12.3. The van der Waals surface area contributed by atoms with E-state index in [1.165, 1.54) is 6.07 Å². The molecule has 7 heteroatoms. The second-order valence-electron chi connectivity index (χ2n) is 5.67. The number of hydrogen-bond donors (Lipinski definition) is 0. The van der Waals surface area contributed by atoms with Gasteiger partial charge in [-0.3, -0.25) is 9.78 Å². The first-order valence-corrected chi connectivity index (χ1v) is 8.02. The van der Waals surface area contributed by atoms with Crippen molar-refractivity contribution < 1.29 is 13.9 Å².